The number of Topliss-reactive ketones (excluding diaryl/α,β-unsaturated/α-hetero) is 1. The van der Waals surface area contributed by atoms with Gasteiger partial charge in [0.25, 0.3) is 0 Å². The van der Waals surface area contributed by atoms with E-state index in [2.05, 4.69) is 0 Å². The fourth-order valence-corrected chi connectivity index (χ4v) is 6.42. The molecule has 0 aromatic heterocycles. The van der Waals surface area contributed by atoms with Gasteiger partial charge in [-0.2, -0.15) is 0 Å². The van der Waals surface area contributed by atoms with Gasteiger partial charge >= 0.3 is 0 Å². The lowest BCUT2D eigenvalue weighted by Gasteiger charge is -2.23. The van der Waals surface area contributed by atoms with E-state index < -0.39 is 24.0 Å². The summed E-state index contributed by atoms with van der Waals surface area (Å²) in [6, 6.07) is 39.6. The Morgan fingerprint density at radius 1 is 0.500 bits per heavy atom. The van der Waals surface area contributed by atoms with Crippen LogP contribution in [-0.2, 0) is 33.8 Å². The van der Waals surface area contributed by atoms with Crippen LogP contribution in [0.1, 0.15) is 22.3 Å². The Kier molecular flexibility index (Phi) is 10.1. The number of carbonyl (C=O) groups is 1. The molecule has 1 aliphatic carbocycles. The van der Waals surface area contributed by atoms with Crippen LogP contribution in [0, 0.1) is 11.8 Å². The van der Waals surface area contributed by atoms with E-state index in [0.717, 1.165) is 33.4 Å². The second kappa shape index (κ2) is 15.3. The van der Waals surface area contributed by atoms with Crippen molar-refractivity contribution in [1.29, 1.82) is 0 Å². The summed E-state index contributed by atoms with van der Waals surface area (Å²) >= 11 is 0. The third kappa shape index (κ3) is 7.22. The summed E-state index contributed by atoms with van der Waals surface area (Å²) in [5.74, 6) is 1.30. The molecule has 0 bridgehead atoms. The standard InChI is InChI=1S/C43H36O7/c1-45-49-42-36(24-30-27-39(33-19-11-5-12-20-33)48-40(28-30)34-21-13-6-14-22-34)35(41(44)43(42)50-46-2)23-29-25-37(31-15-7-3-8-16-31)47-38(26-29)32-17-9-4-10-18-32/h3-28,35-36,42-43H,1-2H3. The fourth-order valence-electron chi connectivity index (χ4n) is 6.42. The normalized spacial score (nSPS) is 21.7. The minimum absolute atomic E-state index is 0.203. The molecule has 2 heterocycles. The van der Waals surface area contributed by atoms with Gasteiger partial charge in [-0.3, -0.25) is 4.79 Å². The first-order chi connectivity index (χ1) is 24.6. The van der Waals surface area contributed by atoms with Crippen molar-refractivity contribution in [1.82, 2.24) is 0 Å². The Labute approximate surface area is 291 Å². The monoisotopic (exact) mass is 664 g/mol. The van der Waals surface area contributed by atoms with Crippen molar-refractivity contribution in [3.05, 3.63) is 191 Å². The molecule has 0 amide bonds. The number of allylic oxidation sites excluding steroid dienone is 7. The smallest absolute Gasteiger partial charge is 0.181 e. The largest absolute Gasteiger partial charge is 0.456 e. The van der Waals surface area contributed by atoms with E-state index in [-0.39, 0.29) is 5.78 Å². The second-order valence-corrected chi connectivity index (χ2v) is 12.0. The van der Waals surface area contributed by atoms with Crippen molar-refractivity contribution in [2.45, 2.75) is 12.2 Å². The summed E-state index contributed by atoms with van der Waals surface area (Å²) in [7, 11) is 2.79. The third-order valence-corrected chi connectivity index (χ3v) is 8.73. The molecule has 0 spiro atoms. The highest BCUT2D eigenvalue weighted by Gasteiger charge is 2.51. The average molecular weight is 665 g/mol. The minimum atomic E-state index is -1.05. The molecule has 4 unspecified atom stereocenters. The molecule has 250 valence electrons. The van der Waals surface area contributed by atoms with Crippen LogP contribution in [0.5, 0.6) is 0 Å². The van der Waals surface area contributed by atoms with E-state index in [1.165, 1.54) is 14.2 Å². The topological polar surface area (TPSA) is 72.5 Å². The quantitative estimate of drug-likeness (QED) is 0.124. The van der Waals surface area contributed by atoms with Gasteiger partial charge < -0.3 is 9.47 Å². The van der Waals surface area contributed by atoms with Gasteiger partial charge in [0.05, 0.1) is 14.2 Å². The molecule has 1 saturated carbocycles. The lowest BCUT2D eigenvalue weighted by molar-refractivity contribution is -0.365. The summed E-state index contributed by atoms with van der Waals surface area (Å²) in [6.07, 6.45) is 9.96. The fraction of sp³-hybridized carbons (Fsp3) is 0.140. The van der Waals surface area contributed by atoms with Gasteiger partial charge in [0.1, 0.15) is 29.1 Å². The first-order valence-corrected chi connectivity index (χ1v) is 16.4. The Morgan fingerprint density at radius 2 is 0.860 bits per heavy atom. The molecule has 4 atom stereocenters. The molecule has 0 saturated heterocycles. The highest BCUT2D eigenvalue weighted by molar-refractivity contribution is 5.92. The number of hydrogen-bond donors (Lipinski definition) is 0. The van der Waals surface area contributed by atoms with Gasteiger partial charge in [0.2, 0.25) is 0 Å². The molecule has 0 N–H and O–H groups in total. The van der Waals surface area contributed by atoms with Crippen molar-refractivity contribution in [2.24, 2.45) is 11.8 Å². The van der Waals surface area contributed by atoms with Crippen LogP contribution in [0.25, 0.3) is 23.0 Å². The first-order valence-electron chi connectivity index (χ1n) is 16.4. The highest BCUT2D eigenvalue weighted by Crippen LogP contribution is 2.41. The van der Waals surface area contributed by atoms with Crippen molar-refractivity contribution in [3.63, 3.8) is 0 Å². The predicted molar refractivity (Wildman–Crippen MR) is 192 cm³/mol. The molecule has 7 rings (SSSR count). The number of benzene rings is 4. The number of ether oxygens (including phenoxy) is 2. The van der Waals surface area contributed by atoms with Crippen LogP contribution in [0.2, 0.25) is 0 Å². The van der Waals surface area contributed by atoms with Gasteiger partial charge in [0.15, 0.2) is 11.9 Å². The zero-order valence-electron chi connectivity index (χ0n) is 27.7. The Balaban J connectivity index is 1.36. The maximum atomic E-state index is 14.2. The molecule has 4 aromatic carbocycles. The number of ketones is 1. The van der Waals surface area contributed by atoms with Gasteiger partial charge in [-0.15, -0.1) is 0 Å². The van der Waals surface area contributed by atoms with Crippen LogP contribution in [-0.4, -0.2) is 32.2 Å². The van der Waals surface area contributed by atoms with E-state index in [1.54, 1.807) is 0 Å². The third-order valence-electron chi connectivity index (χ3n) is 8.73. The van der Waals surface area contributed by atoms with Crippen molar-refractivity contribution >= 4 is 28.8 Å². The zero-order chi connectivity index (χ0) is 34.3. The Hall–Kier alpha value is -5.57. The Morgan fingerprint density at radius 3 is 1.22 bits per heavy atom. The number of rotatable bonds is 10. The van der Waals surface area contributed by atoms with Gasteiger partial charge in [-0.05, 0) is 35.5 Å². The van der Waals surface area contributed by atoms with Crippen molar-refractivity contribution < 1.29 is 33.8 Å². The summed E-state index contributed by atoms with van der Waals surface area (Å²) < 4.78 is 12.9. The van der Waals surface area contributed by atoms with Crippen LogP contribution in [0.15, 0.2) is 169 Å². The van der Waals surface area contributed by atoms with Gasteiger partial charge in [-0.1, -0.05) is 133 Å². The van der Waals surface area contributed by atoms with E-state index in [9.17, 15) is 4.79 Å². The molecular weight excluding hydrogens is 628 g/mol. The summed E-state index contributed by atoms with van der Waals surface area (Å²) in [5, 5.41) is 0. The van der Waals surface area contributed by atoms with E-state index in [0.29, 0.717) is 23.0 Å². The summed E-state index contributed by atoms with van der Waals surface area (Å²) in [4.78, 5) is 35.8. The van der Waals surface area contributed by atoms with Crippen molar-refractivity contribution in [3.8, 4) is 0 Å². The predicted octanol–water partition coefficient (Wildman–Crippen LogP) is 8.77. The molecule has 7 heteroatoms. The molecule has 0 radical (unpaired) electrons. The Bertz CT molecular complexity index is 1880. The molecule has 50 heavy (non-hydrogen) atoms. The zero-order valence-corrected chi connectivity index (χ0v) is 27.7. The molecule has 2 aliphatic heterocycles. The highest BCUT2D eigenvalue weighted by atomic mass is 17.2. The molecular formula is C43H36O7. The number of hydrogen-bond acceptors (Lipinski definition) is 7. The van der Waals surface area contributed by atoms with Gasteiger partial charge in [0, 0.05) is 34.1 Å². The maximum Gasteiger partial charge on any atom is 0.181 e. The van der Waals surface area contributed by atoms with Crippen molar-refractivity contribution in [2.75, 3.05) is 14.2 Å². The van der Waals surface area contributed by atoms with Crippen LogP contribution >= 0.6 is 0 Å². The van der Waals surface area contributed by atoms with Crippen LogP contribution < -0.4 is 0 Å². The van der Waals surface area contributed by atoms with Crippen LogP contribution in [0.3, 0.4) is 0 Å². The lowest BCUT2D eigenvalue weighted by Crippen LogP contribution is -2.33. The SMILES string of the molecule is COOC1C(=O)C(C=C2C=C(c3ccccc3)OC(c3ccccc3)=C2)C(C=C2C=C(c3ccccc3)OC(c3ccccc3)=C2)C1OOC. The van der Waals surface area contributed by atoms with Crippen LogP contribution in [0.4, 0.5) is 0 Å². The maximum absolute atomic E-state index is 14.2. The first kappa shape index (κ1) is 33.0. The van der Waals surface area contributed by atoms with E-state index in [4.69, 9.17) is 29.0 Å². The molecule has 1 fully saturated rings. The molecule has 3 aliphatic rings. The molecule has 7 nitrogen and oxygen atoms in total. The summed E-state index contributed by atoms with van der Waals surface area (Å²) in [6.45, 7) is 0. The summed E-state index contributed by atoms with van der Waals surface area (Å²) in [5.41, 5.74) is 5.31. The van der Waals surface area contributed by atoms with Gasteiger partial charge in [-0.25, -0.2) is 19.6 Å². The number of carbonyl (C=O) groups excluding carboxylic acids is 1. The second-order valence-electron chi connectivity index (χ2n) is 12.0. The van der Waals surface area contributed by atoms with E-state index in [1.807, 2.05) is 158 Å². The molecule has 4 aromatic rings. The lowest BCUT2D eigenvalue weighted by atomic mass is 9.88. The average Bonchev–Trinajstić information content (AvgIpc) is 3.40. The van der Waals surface area contributed by atoms with E-state index >= 15 is 0 Å². The minimum Gasteiger partial charge on any atom is -0.456 e.